The minimum atomic E-state index is -0.179. The van der Waals surface area contributed by atoms with E-state index in [4.69, 9.17) is 23.2 Å². The standard InChI is InChI=1S/C19H17Cl2NO2/c1-2-22-18(14-5-3-4-6-15(14)19(22)24)13(9-10-23)12-7-8-16(20)17(21)11-12/h3-8,10-11,13,18H,2,9H2,1H3. The summed E-state index contributed by atoms with van der Waals surface area (Å²) in [6.45, 7) is 2.53. The minimum Gasteiger partial charge on any atom is -0.331 e. The largest absolute Gasteiger partial charge is 0.331 e. The highest BCUT2D eigenvalue weighted by Crippen LogP contribution is 2.45. The second-order valence-electron chi connectivity index (χ2n) is 5.81. The maximum absolute atomic E-state index is 12.7. The Labute approximate surface area is 151 Å². The average molecular weight is 362 g/mol. The molecule has 0 aromatic heterocycles. The first kappa shape index (κ1) is 17.0. The van der Waals surface area contributed by atoms with Crippen LogP contribution in [0.25, 0.3) is 0 Å². The third kappa shape index (κ3) is 2.83. The zero-order chi connectivity index (χ0) is 17.3. The Bertz CT molecular complexity index is 791. The molecule has 0 bridgehead atoms. The molecule has 0 fully saturated rings. The highest BCUT2D eigenvalue weighted by Gasteiger charge is 2.40. The molecule has 24 heavy (non-hydrogen) atoms. The summed E-state index contributed by atoms with van der Waals surface area (Å²) in [5, 5.41) is 0.922. The van der Waals surface area contributed by atoms with Crippen LogP contribution >= 0.6 is 23.2 Å². The van der Waals surface area contributed by atoms with E-state index >= 15 is 0 Å². The Morgan fingerprint density at radius 2 is 1.92 bits per heavy atom. The number of benzene rings is 2. The number of hydrogen-bond donors (Lipinski definition) is 0. The summed E-state index contributed by atoms with van der Waals surface area (Å²) in [7, 11) is 0. The third-order valence-corrected chi connectivity index (χ3v) is 5.29. The summed E-state index contributed by atoms with van der Waals surface area (Å²) >= 11 is 12.2. The maximum atomic E-state index is 12.7. The van der Waals surface area contributed by atoms with Crippen molar-refractivity contribution in [2.45, 2.75) is 25.3 Å². The number of amides is 1. The van der Waals surface area contributed by atoms with Crippen molar-refractivity contribution in [3.63, 3.8) is 0 Å². The van der Waals surface area contributed by atoms with Gasteiger partial charge in [-0.1, -0.05) is 47.5 Å². The van der Waals surface area contributed by atoms with Crippen molar-refractivity contribution in [1.82, 2.24) is 4.90 Å². The van der Waals surface area contributed by atoms with Crippen LogP contribution in [0.2, 0.25) is 10.0 Å². The van der Waals surface area contributed by atoms with Crippen molar-refractivity contribution in [3.05, 3.63) is 69.2 Å². The molecule has 2 aromatic rings. The molecule has 0 N–H and O–H groups in total. The summed E-state index contributed by atoms with van der Waals surface area (Å²) in [6, 6.07) is 12.8. The van der Waals surface area contributed by atoms with E-state index < -0.39 is 0 Å². The van der Waals surface area contributed by atoms with Gasteiger partial charge in [-0.05, 0) is 36.2 Å². The van der Waals surface area contributed by atoms with Crippen molar-refractivity contribution in [3.8, 4) is 0 Å². The fourth-order valence-electron chi connectivity index (χ4n) is 3.47. The van der Waals surface area contributed by atoms with Crippen LogP contribution in [-0.4, -0.2) is 23.6 Å². The third-order valence-electron chi connectivity index (χ3n) is 4.55. The molecule has 2 aromatic carbocycles. The molecule has 1 aliphatic rings. The van der Waals surface area contributed by atoms with Gasteiger partial charge in [0.25, 0.3) is 5.91 Å². The van der Waals surface area contributed by atoms with Crippen LogP contribution in [0.5, 0.6) is 0 Å². The zero-order valence-corrected chi connectivity index (χ0v) is 14.7. The first-order valence-electron chi connectivity index (χ1n) is 7.87. The van der Waals surface area contributed by atoms with Crippen LogP contribution in [-0.2, 0) is 4.79 Å². The topological polar surface area (TPSA) is 37.4 Å². The lowest BCUT2D eigenvalue weighted by atomic mass is 9.85. The fraction of sp³-hybridized carbons (Fsp3) is 0.263. The Balaban J connectivity index is 2.11. The van der Waals surface area contributed by atoms with Crippen molar-refractivity contribution in [2.75, 3.05) is 6.54 Å². The first-order valence-corrected chi connectivity index (χ1v) is 8.62. The lowest BCUT2D eigenvalue weighted by molar-refractivity contribution is -0.108. The number of carbonyl (C=O) groups excluding carboxylic acids is 2. The molecule has 0 aliphatic carbocycles. The second-order valence-corrected chi connectivity index (χ2v) is 6.62. The van der Waals surface area contributed by atoms with Gasteiger partial charge in [0.1, 0.15) is 6.29 Å². The molecule has 1 heterocycles. The van der Waals surface area contributed by atoms with E-state index in [1.807, 2.05) is 42.2 Å². The number of carbonyl (C=O) groups is 2. The number of halogens is 2. The molecule has 0 radical (unpaired) electrons. The van der Waals surface area contributed by atoms with Gasteiger partial charge in [0.05, 0.1) is 16.1 Å². The highest BCUT2D eigenvalue weighted by atomic mass is 35.5. The Hall–Kier alpha value is -1.84. The molecule has 2 atom stereocenters. The van der Waals surface area contributed by atoms with Crippen LogP contribution < -0.4 is 0 Å². The van der Waals surface area contributed by atoms with Gasteiger partial charge in [0.15, 0.2) is 0 Å². The van der Waals surface area contributed by atoms with E-state index in [0.29, 0.717) is 28.6 Å². The monoisotopic (exact) mass is 361 g/mol. The van der Waals surface area contributed by atoms with E-state index in [1.165, 1.54) is 0 Å². The van der Waals surface area contributed by atoms with Crippen molar-refractivity contribution in [2.24, 2.45) is 0 Å². The Morgan fingerprint density at radius 3 is 2.58 bits per heavy atom. The summed E-state index contributed by atoms with van der Waals surface area (Å²) in [6.07, 6.45) is 1.20. The molecule has 0 saturated heterocycles. The van der Waals surface area contributed by atoms with Crippen LogP contribution in [0.4, 0.5) is 0 Å². The van der Waals surface area contributed by atoms with Gasteiger partial charge in [-0.3, -0.25) is 4.79 Å². The van der Waals surface area contributed by atoms with E-state index in [-0.39, 0.29) is 17.9 Å². The van der Waals surface area contributed by atoms with Crippen LogP contribution in [0, 0.1) is 0 Å². The highest BCUT2D eigenvalue weighted by molar-refractivity contribution is 6.42. The fourth-order valence-corrected chi connectivity index (χ4v) is 3.77. The number of nitrogens with zero attached hydrogens (tertiary/aromatic N) is 1. The van der Waals surface area contributed by atoms with Gasteiger partial charge in [0.2, 0.25) is 0 Å². The van der Waals surface area contributed by atoms with E-state index in [1.54, 1.807) is 12.1 Å². The zero-order valence-electron chi connectivity index (χ0n) is 13.2. The quantitative estimate of drug-likeness (QED) is 0.711. The summed E-state index contributed by atoms with van der Waals surface area (Å²) < 4.78 is 0. The number of aldehydes is 1. The predicted molar refractivity (Wildman–Crippen MR) is 95.8 cm³/mol. The van der Waals surface area contributed by atoms with Crippen molar-refractivity contribution >= 4 is 35.4 Å². The predicted octanol–water partition coefficient (Wildman–Crippen LogP) is 4.88. The molecule has 124 valence electrons. The van der Waals surface area contributed by atoms with Crippen molar-refractivity contribution in [1.29, 1.82) is 0 Å². The Morgan fingerprint density at radius 1 is 1.17 bits per heavy atom. The van der Waals surface area contributed by atoms with E-state index in [0.717, 1.165) is 17.4 Å². The van der Waals surface area contributed by atoms with Gasteiger partial charge in [-0.25, -0.2) is 0 Å². The Kier molecular flexibility index (Phi) is 4.93. The number of fused-ring (bicyclic) bond motifs is 1. The molecule has 1 aliphatic heterocycles. The SMILES string of the molecule is CCN1C(=O)c2ccccc2C1C(CC=O)c1ccc(Cl)c(Cl)c1. The molecule has 5 heteroatoms. The van der Waals surface area contributed by atoms with Gasteiger partial charge in [-0.15, -0.1) is 0 Å². The molecular weight excluding hydrogens is 345 g/mol. The van der Waals surface area contributed by atoms with Crippen LogP contribution in [0.1, 0.15) is 46.8 Å². The first-order chi connectivity index (χ1) is 11.6. The molecule has 3 nitrogen and oxygen atoms in total. The summed E-state index contributed by atoms with van der Waals surface area (Å²) in [5.74, 6) is -0.154. The molecule has 3 rings (SSSR count). The molecular formula is C19H17Cl2NO2. The second kappa shape index (κ2) is 6.96. The van der Waals surface area contributed by atoms with Crippen molar-refractivity contribution < 1.29 is 9.59 Å². The van der Waals surface area contributed by atoms with Crippen LogP contribution in [0.15, 0.2) is 42.5 Å². The molecule has 0 saturated carbocycles. The van der Waals surface area contributed by atoms with E-state index in [9.17, 15) is 9.59 Å². The maximum Gasteiger partial charge on any atom is 0.254 e. The molecule has 2 unspecified atom stereocenters. The van der Waals surface area contributed by atoms with Gasteiger partial charge < -0.3 is 9.69 Å². The van der Waals surface area contributed by atoms with Gasteiger partial charge >= 0.3 is 0 Å². The number of rotatable bonds is 5. The van der Waals surface area contributed by atoms with E-state index in [2.05, 4.69) is 0 Å². The van der Waals surface area contributed by atoms with Gasteiger partial charge in [-0.2, -0.15) is 0 Å². The normalized spacial score (nSPS) is 17.7. The number of likely N-dealkylation sites (N-methyl/N-ethyl adjacent to an activating group) is 1. The smallest absolute Gasteiger partial charge is 0.254 e. The summed E-state index contributed by atoms with van der Waals surface area (Å²) in [4.78, 5) is 25.8. The lowest BCUT2D eigenvalue weighted by Crippen LogP contribution is -2.31. The van der Waals surface area contributed by atoms with Gasteiger partial charge in [0, 0.05) is 24.4 Å². The number of hydrogen-bond acceptors (Lipinski definition) is 2. The average Bonchev–Trinajstić information content (AvgIpc) is 2.88. The molecule has 0 spiro atoms. The lowest BCUT2D eigenvalue weighted by Gasteiger charge is -2.31. The molecule has 1 amide bonds. The minimum absolute atomic E-state index is 0.00839. The summed E-state index contributed by atoms with van der Waals surface area (Å²) in [5.41, 5.74) is 2.58. The van der Waals surface area contributed by atoms with Crippen LogP contribution in [0.3, 0.4) is 0 Å².